The number of methoxy groups -OCH3 is 1. The van der Waals surface area contributed by atoms with E-state index in [1.807, 2.05) is 25.1 Å². The molecule has 0 aliphatic carbocycles. The highest BCUT2D eigenvalue weighted by Gasteiger charge is 2.20. The molecular formula is C23H32N4O3S. The molecule has 168 valence electrons. The van der Waals surface area contributed by atoms with Crippen LogP contribution in [0.2, 0.25) is 0 Å². The molecule has 8 heteroatoms. The van der Waals surface area contributed by atoms with Crippen molar-refractivity contribution in [2.24, 2.45) is 4.99 Å². The summed E-state index contributed by atoms with van der Waals surface area (Å²) in [6.45, 7) is 6.78. The van der Waals surface area contributed by atoms with Gasteiger partial charge in [0.25, 0.3) is 0 Å². The zero-order valence-electron chi connectivity index (χ0n) is 18.3. The Hall–Kier alpha value is -2.74. The predicted octanol–water partition coefficient (Wildman–Crippen LogP) is 2.65. The number of guanidine groups is 1. The smallest absolute Gasteiger partial charge is 0.194 e. The number of rotatable bonds is 8. The third-order valence-electron chi connectivity index (χ3n) is 5.27. The summed E-state index contributed by atoms with van der Waals surface area (Å²) < 4.78 is 30.2. The van der Waals surface area contributed by atoms with Crippen LogP contribution in [0, 0.1) is 0 Å². The van der Waals surface area contributed by atoms with Crippen molar-refractivity contribution in [2.75, 3.05) is 57.0 Å². The van der Waals surface area contributed by atoms with Crippen LogP contribution >= 0.6 is 0 Å². The third-order valence-corrected chi connectivity index (χ3v) is 7.08. The average Bonchev–Trinajstić information content (AvgIpc) is 2.82. The first-order valence-corrected chi connectivity index (χ1v) is 12.4. The van der Waals surface area contributed by atoms with E-state index in [-0.39, 0.29) is 5.75 Å². The topological polar surface area (TPSA) is 74.2 Å². The van der Waals surface area contributed by atoms with Crippen LogP contribution < -0.4 is 15.0 Å². The normalized spacial score (nSPS) is 15.1. The molecule has 2 aromatic carbocycles. The number of nitrogens with zero attached hydrogens (tertiary/aromatic N) is 3. The fourth-order valence-corrected chi connectivity index (χ4v) is 4.91. The first-order chi connectivity index (χ1) is 15.0. The minimum Gasteiger partial charge on any atom is -0.497 e. The maximum Gasteiger partial charge on any atom is 0.194 e. The number of hydrogen-bond donors (Lipinski definition) is 1. The minimum atomic E-state index is -3.26. The maximum absolute atomic E-state index is 12.4. The Bertz CT molecular complexity index is 956. The van der Waals surface area contributed by atoms with Gasteiger partial charge in [-0.3, -0.25) is 4.99 Å². The van der Waals surface area contributed by atoms with Gasteiger partial charge in [-0.2, -0.15) is 0 Å². The van der Waals surface area contributed by atoms with E-state index in [4.69, 9.17) is 4.74 Å². The van der Waals surface area contributed by atoms with E-state index in [2.05, 4.69) is 32.2 Å². The maximum atomic E-state index is 12.4. The lowest BCUT2D eigenvalue weighted by Gasteiger charge is -2.37. The summed E-state index contributed by atoms with van der Waals surface area (Å²) >= 11 is 0. The number of hydrogen-bond acceptors (Lipinski definition) is 5. The van der Waals surface area contributed by atoms with Gasteiger partial charge in [-0.05, 0) is 37.6 Å². The quantitative estimate of drug-likeness (QED) is 0.383. The molecule has 0 unspecified atom stereocenters. The van der Waals surface area contributed by atoms with Gasteiger partial charge in [-0.25, -0.2) is 8.42 Å². The van der Waals surface area contributed by atoms with Crippen LogP contribution in [-0.2, 0) is 9.84 Å². The first kappa shape index (κ1) is 22.9. The number of benzene rings is 2. The van der Waals surface area contributed by atoms with Gasteiger partial charge < -0.3 is 19.9 Å². The standard InChI is InChI=1S/C23H32N4O3S/c1-3-24-23(25-13-8-18-31(28,29)22-11-5-4-6-12-22)27-16-14-26(15-17-27)20-9-7-10-21(19-20)30-2/h4-7,9-12,19H,3,8,13-18H2,1-2H3,(H,24,25). The summed E-state index contributed by atoms with van der Waals surface area (Å²) in [4.78, 5) is 9.65. The van der Waals surface area contributed by atoms with E-state index in [0.717, 1.165) is 50.1 Å². The van der Waals surface area contributed by atoms with Gasteiger partial charge in [-0.15, -0.1) is 0 Å². The van der Waals surface area contributed by atoms with Crippen LogP contribution in [0.15, 0.2) is 64.5 Å². The molecule has 0 amide bonds. The van der Waals surface area contributed by atoms with Gasteiger partial charge in [0, 0.05) is 51.0 Å². The van der Waals surface area contributed by atoms with Crippen molar-refractivity contribution in [3.63, 3.8) is 0 Å². The van der Waals surface area contributed by atoms with Crippen LogP contribution in [0.1, 0.15) is 13.3 Å². The Morgan fingerprint density at radius 3 is 2.48 bits per heavy atom. The molecule has 1 aliphatic rings. The van der Waals surface area contributed by atoms with Crippen molar-refractivity contribution in [1.82, 2.24) is 10.2 Å². The van der Waals surface area contributed by atoms with Gasteiger partial charge >= 0.3 is 0 Å². The lowest BCUT2D eigenvalue weighted by molar-refractivity contribution is 0.372. The second-order valence-electron chi connectivity index (χ2n) is 7.40. The number of aliphatic imine (C=N–C) groups is 1. The van der Waals surface area contributed by atoms with E-state index in [9.17, 15) is 8.42 Å². The molecule has 0 radical (unpaired) electrons. The van der Waals surface area contributed by atoms with Crippen molar-refractivity contribution in [3.05, 3.63) is 54.6 Å². The summed E-state index contributed by atoms with van der Waals surface area (Å²) in [5.41, 5.74) is 1.16. The molecule has 0 spiro atoms. The van der Waals surface area contributed by atoms with Crippen LogP contribution in [0.5, 0.6) is 5.75 Å². The van der Waals surface area contributed by atoms with E-state index in [1.54, 1.807) is 31.4 Å². The Morgan fingerprint density at radius 2 is 1.81 bits per heavy atom. The van der Waals surface area contributed by atoms with Crippen molar-refractivity contribution in [2.45, 2.75) is 18.2 Å². The zero-order valence-corrected chi connectivity index (χ0v) is 19.1. The zero-order chi connectivity index (χ0) is 22.1. The summed E-state index contributed by atoms with van der Waals surface area (Å²) in [7, 11) is -1.58. The summed E-state index contributed by atoms with van der Waals surface area (Å²) in [6, 6.07) is 16.7. The molecule has 0 saturated carbocycles. The van der Waals surface area contributed by atoms with Crippen LogP contribution in [0.3, 0.4) is 0 Å². The van der Waals surface area contributed by atoms with Gasteiger partial charge in [0.05, 0.1) is 17.8 Å². The van der Waals surface area contributed by atoms with Crippen molar-refractivity contribution in [3.8, 4) is 5.75 Å². The molecule has 2 aromatic rings. The first-order valence-electron chi connectivity index (χ1n) is 10.7. The van der Waals surface area contributed by atoms with Crippen LogP contribution in [0.25, 0.3) is 0 Å². The minimum absolute atomic E-state index is 0.101. The highest BCUT2D eigenvalue weighted by Crippen LogP contribution is 2.22. The van der Waals surface area contributed by atoms with Crippen LogP contribution in [0.4, 0.5) is 5.69 Å². The number of piperazine rings is 1. The van der Waals surface area contributed by atoms with Crippen molar-refractivity contribution < 1.29 is 13.2 Å². The molecule has 1 saturated heterocycles. The largest absolute Gasteiger partial charge is 0.497 e. The Morgan fingerprint density at radius 1 is 1.06 bits per heavy atom. The number of anilines is 1. The molecule has 1 fully saturated rings. The lowest BCUT2D eigenvalue weighted by Crippen LogP contribution is -2.52. The lowest BCUT2D eigenvalue weighted by atomic mass is 10.2. The van der Waals surface area contributed by atoms with E-state index >= 15 is 0 Å². The third kappa shape index (κ3) is 6.37. The molecule has 1 N–H and O–H groups in total. The highest BCUT2D eigenvalue weighted by atomic mass is 32.2. The molecule has 7 nitrogen and oxygen atoms in total. The average molecular weight is 445 g/mol. The van der Waals surface area contributed by atoms with Crippen molar-refractivity contribution >= 4 is 21.5 Å². The van der Waals surface area contributed by atoms with E-state index < -0.39 is 9.84 Å². The van der Waals surface area contributed by atoms with Gasteiger partial charge in [0.1, 0.15) is 5.75 Å². The number of nitrogens with one attached hydrogen (secondary N) is 1. The van der Waals surface area contributed by atoms with Gasteiger partial charge in [-0.1, -0.05) is 24.3 Å². The number of ether oxygens (including phenoxy) is 1. The highest BCUT2D eigenvalue weighted by molar-refractivity contribution is 7.91. The second kappa shape index (κ2) is 11.0. The predicted molar refractivity (Wildman–Crippen MR) is 126 cm³/mol. The molecule has 3 rings (SSSR count). The van der Waals surface area contributed by atoms with E-state index in [0.29, 0.717) is 17.9 Å². The molecule has 31 heavy (non-hydrogen) atoms. The fourth-order valence-electron chi connectivity index (χ4n) is 3.59. The monoisotopic (exact) mass is 444 g/mol. The molecule has 1 aliphatic heterocycles. The molecule has 0 bridgehead atoms. The number of sulfone groups is 1. The molecule has 1 heterocycles. The van der Waals surface area contributed by atoms with Gasteiger partial charge in [0.15, 0.2) is 15.8 Å². The Labute approximate surface area is 185 Å². The van der Waals surface area contributed by atoms with Crippen LogP contribution in [-0.4, -0.2) is 71.4 Å². The second-order valence-corrected chi connectivity index (χ2v) is 9.51. The molecule has 0 atom stereocenters. The molecular weight excluding hydrogens is 412 g/mol. The summed E-state index contributed by atoms with van der Waals surface area (Å²) in [5.74, 6) is 1.81. The van der Waals surface area contributed by atoms with Crippen molar-refractivity contribution in [1.29, 1.82) is 0 Å². The fraction of sp³-hybridized carbons (Fsp3) is 0.435. The Balaban J connectivity index is 1.54. The summed E-state index contributed by atoms with van der Waals surface area (Å²) in [6.07, 6.45) is 0.496. The Kier molecular flexibility index (Phi) is 8.17. The summed E-state index contributed by atoms with van der Waals surface area (Å²) in [5, 5.41) is 3.34. The SMILES string of the molecule is CCNC(=NCCCS(=O)(=O)c1ccccc1)N1CCN(c2cccc(OC)c2)CC1. The van der Waals surface area contributed by atoms with Gasteiger partial charge in [0.2, 0.25) is 0 Å². The van der Waals surface area contributed by atoms with E-state index in [1.165, 1.54) is 0 Å². The molecule has 0 aromatic heterocycles.